The standard InChI is InChI=1S/C16H22FNO2/c1-12(10-13-6-5-7-14(17)11-13)18-9-4-3-8-16(18,2)15(19)20/h5-7,11-12H,3-4,8-10H2,1-2H3,(H,19,20). The third-order valence-electron chi connectivity index (χ3n) is 4.36. The molecule has 1 fully saturated rings. The predicted octanol–water partition coefficient (Wildman–Crippen LogP) is 3.09. The number of piperidine rings is 1. The van der Waals surface area contributed by atoms with Crippen molar-refractivity contribution in [1.82, 2.24) is 4.90 Å². The van der Waals surface area contributed by atoms with Crippen LogP contribution in [0, 0.1) is 5.82 Å². The van der Waals surface area contributed by atoms with Gasteiger partial charge in [-0.05, 0) is 63.8 Å². The molecule has 1 heterocycles. The number of likely N-dealkylation sites (tertiary alicyclic amines) is 1. The van der Waals surface area contributed by atoms with Crippen LogP contribution in [0.25, 0.3) is 0 Å². The number of nitrogens with zero attached hydrogens (tertiary/aromatic N) is 1. The summed E-state index contributed by atoms with van der Waals surface area (Å²) in [5, 5.41) is 9.53. The highest BCUT2D eigenvalue weighted by molar-refractivity contribution is 5.78. The number of carbonyl (C=O) groups is 1. The molecule has 0 spiro atoms. The van der Waals surface area contributed by atoms with Crippen LogP contribution in [-0.4, -0.2) is 34.1 Å². The first kappa shape index (κ1) is 15.0. The van der Waals surface area contributed by atoms with Crippen LogP contribution in [0.3, 0.4) is 0 Å². The van der Waals surface area contributed by atoms with Gasteiger partial charge in [0.15, 0.2) is 0 Å². The van der Waals surface area contributed by atoms with Crippen LogP contribution in [-0.2, 0) is 11.2 Å². The molecule has 4 heteroatoms. The van der Waals surface area contributed by atoms with E-state index in [0.717, 1.165) is 24.9 Å². The monoisotopic (exact) mass is 279 g/mol. The lowest BCUT2D eigenvalue weighted by atomic mass is 9.86. The average Bonchev–Trinajstić information content (AvgIpc) is 2.39. The number of hydrogen-bond donors (Lipinski definition) is 1. The average molecular weight is 279 g/mol. The van der Waals surface area contributed by atoms with E-state index in [1.807, 2.05) is 13.0 Å². The second-order valence-corrected chi connectivity index (χ2v) is 5.91. The van der Waals surface area contributed by atoms with Gasteiger partial charge in [-0.3, -0.25) is 9.69 Å². The largest absolute Gasteiger partial charge is 0.480 e. The van der Waals surface area contributed by atoms with Gasteiger partial charge >= 0.3 is 5.97 Å². The first-order chi connectivity index (χ1) is 9.43. The van der Waals surface area contributed by atoms with Crippen molar-refractivity contribution in [2.24, 2.45) is 0 Å². The third kappa shape index (κ3) is 3.01. The van der Waals surface area contributed by atoms with E-state index in [9.17, 15) is 14.3 Å². The minimum absolute atomic E-state index is 0.0817. The molecular formula is C16H22FNO2. The first-order valence-corrected chi connectivity index (χ1v) is 7.18. The maximum absolute atomic E-state index is 13.2. The first-order valence-electron chi connectivity index (χ1n) is 7.18. The maximum atomic E-state index is 13.2. The summed E-state index contributed by atoms with van der Waals surface area (Å²) in [6, 6.07) is 6.62. The molecule has 1 saturated heterocycles. The zero-order valence-corrected chi connectivity index (χ0v) is 12.1. The summed E-state index contributed by atoms with van der Waals surface area (Å²) < 4.78 is 13.2. The van der Waals surface area contributed by atoms with Crippen LogP contribution in [0.15, 0.2) is 24.3 Å². The van der Waals surface area contributed by atoms with Gasteiger partial charge in [0.1, 0.15) is 11.4 Å². The molecule has 0 radical (unpaired) electrons. The molecule has 0 bridgehead atoms. The number of aliphatic carboxylic acids is 1. The van der Waals surface area contributed by atoms with Crippen LogP contribution < -0.4 is 0 Å². The Morgan fingerprint density at radius 3 is 2.90 bits per heavy atom. The Kier molecular flexibility index (Phi) is 4.43. The third-order valence-corrected chi connectivity index (χ3v) is 4.36. The Hall–Kier alpha value is -1.42. The van der Waals surface area contributed by atoms with Crippen LogP contribution in [0.5, 0.6) is 0 Å². The SMILES string of the molecule is CC(Cc1cccc(F)c1)N1CCCCC1(C)C(=O)O. The van der Waals surface area contributed by atoms with Gasteiger partial charge in [0.05, 0.1) is 0 Å². The van der Waals surface area contributed by atoms with Crippen molar-refractivity contribution in [2.75, 3.05) is 6.54 Å². The number of carboxylic acid groups (broad SMARTS) is 1. The van der Waals surface area contributed by atoms with E-state index in [1.54, 1.807) is 13.0 Å². The summed E-state index contributed by atoms with van der Waals surface area (Å²) in [4.78, 5) is 13.7. The van der Waals surface area contributed by atoms with E-state index in [2.05, 4.69) is 4.90 Å². The van der Waals surface area contributed by atoms with Gasteiger partial charge in [-0.25, -0.2) is 4.39 Å². The van der Waals surface area contributed by atoms with E-state index in [1.165, 1.54) is 12.1 Å². The van der Waals surface area contributed by atoms with Crippen LogP contribution in [0.4, 0.5) is 4.39 Å². The molecule has 3 nitrogen and oxygen atoms in total. The Morgan fingerprint density at radius 2 is 2.25 bits per heavy atom. The van der Waals surface area contributed by atoms with Gasteiger partial charge in [0.25, 0.3) is 0 Å². The molecule has 1 aliphatic rings. The summed E-state index contributed by atoms with van der Waals surface area (Å²) in [7, 11) is 0. The van der Waals surface area contributed by atoms with E-state index in [-0.39, 0.29) is 11.9 Å². The molecule has 2 atom stereocenters. The lowest BCUT2D eigenvalue weighted by molar-refractivity contribution is -0.154. The molecule has 0 amide bonds. The van der Waals surface area contributed by atoms with Crippen molar-refractivity contribution in [3.63, 3.8) is 0 Å². The van der Waals surface area contributed by atoms with Crippen molar-refractivity contribution in [3.05, 3.63) is 35.6 Å². The molecule has 2 rings (SSSR count). The van der Waals surface area contributed by atoms with Crippen molar-refractivity contribution >= 4 is 5.97 Å². The summed E-state index contributed by atoms with van der Waals surface area (Å²) in [5.41, 5.74) is 0.112. The number of benzene rings is 1. The van der Waals surface area contributed by atoms with Gasteiger partial charge in [-0.2, -0.15) is 0 Å². The van der Waals surface area contributed by atoms with Gasteiger partial charge < -0.3 is 5.11 Å². The molecule has 110 valence electrons. The van der Waals surface area contributed by atoms with E-state index >= 15 is 0 Å². The van der Waals surface area contributed by atoms with Gasteiger partial charge in [-0.15, -0.1) is 0 Å². The topological polar surface area (TPSA) is 40.5 Å². The Morgan fingerprint density at radius 1 is 1.50 bits per heavy atom. The highest BCUT2D eigenvalue weighted by Gasteiger charge is 2.43. The number of carboxylic acids is 1. The van der Waals surface area contributed by atoms with E-state index in [0.29, 0.717) is 12.8 Å². The summed E-state index contributed by atoms with van der Waals surface area (Å²) >= 11 is 0. The highest BCUT2D eigenvalue weighted by Crippen LogP contribution is 2.31. The summed E-state index contributed by atoms with van der Waals surface area (Å²) in [6.45, 7) is 4.62. The fourth-order valence-corrected chi connectivity index (χ4v) is 3.19. The molecule has 1 N–H and O–H groups in total. The zero-order chi connectivity index (χ0) is 14.8. The number of halogens is 1. The van der Waals surface area contributed by atoms with Crippen LogP contribution >= 0.6 is 0 Å². The van der Waals surface area contributed by atoms with Crippen molar-refractivity contribution in [2.45, 2.75) is 51.1 Å². The van der Waals surface area contributed by atoms with Crippen LogP contribution in [0.2, 0.25) is 0 Å². The second kappa shape index (κ2) is 5.92. The quantitative estimate of drug-likeness (QED) is 0.920. The second-order valence-electron chi connectivity index (χ2n) is 5.91. The molecule has 0 saturated carbocycles. The molecule has 2 unspecified atom stereocenters. The summed E-state index contributed by atoms with van der Waals surface area (Å²) in [6.07, 6.45) is 3.32. The fourth-order valence-electron chi connectivity index (χ4n) is 3.19. The van der Waals surface area contributed by atoms with E-state index in [4.69, 9.17) is 0 Å². The van der Waals surface area contributed by atoms with E-state index < -0.39 is 11.5 Å². The minimum Gasteiger partial charge on any atom is -0.480 e. The number of rotatable bonds is 4. The fraction of sp³-hybridized carbons (Fsp3) is 0.562. The molecule has 1 aliphatic heterocycles. The molecule has 0 aromatic heterocycles. The zero-order valence-electron chi connectivity index (χ0n) is 12.1. The lowest BCUT2D eigenvalue weighted by Gasteiger charge is -2.45. The van der Waals surface area contributed by atoms with Gasteiger partial charge in [0.2, 0.25) is 0 Å². The molecule has 0 aliphatic carbocycles. The van der Waals surface area contributed by atoms with Crippen molar-refractivity contribution in [1.29, 1.82) is 0 Å². The molecule has 20 heavy (non-hydrogen) atoms. The maximum Gasteiger partial charge on any atom is 0.323 e. The van der Waals surface area contributed by atoms with Crippen molar-refractivity contribution in [3.8, 4) is 0 Å². The minimum atomic E-state index is -0.801. The summed E-state index contributed by atoms with van der Waals surface area (Å²) in [5.74, 6) is -1.00. The number of hydrogen-bond acceptors (Lipinski definition) is 2. The highest BCUT2D eigenvalue weighted by atomic mass is 19.1. The predicted molar refractivity (Wildman–Crippen MR) is 76.2 cm³/mol. The normalized spacial score (nSPS) is 25.4. The molecular weight excluding hydrogens is 257 g/mol. The van der Waals surface area contributed by atoms with Crippen molar-refractivity contribution < 1.29 is 14.3 Å². The van der Waals surface area contributed by atoms with Gasteiger partial charge in [0, 0.05) is 6.04 Å². The lowest BCUT2D eigenvalue weighted by Crippen LogP contribution is -2.58. The Balaban J connectivity index is 2.14. The molecule has 1 aromatic rings. The smallest absolute Gasteiger partial charge is 0.323 e. The van der Waals surface area contributed by atoms with Crippen LogP contribution in [0.1, 0.15) is 38.7 Å². The Bertz CT molecular complexity index is 491. The molecule has 1 aromatic carbocycles. The van der Waals surface area contributed by atoms with Gasteiger partial charge in [-0.1, -0.05) is 12.1 Å². The Labute approximate surface area is 119 Å².